The number of carbonyl (C=O) groups excluding carboxylic acids is 3. The maximum atomic E-state index is 14.3. The number of halogens is 5. The zero-order valence-electron chi connectivity index (χ0n) is 24.0. The van der Waals surface area contributed by atoms with E-state index in [0.717, 1.165) is 28.4 Å². The summed E-state index contributed by atoms with van der Waals surface area (Å²) in [7, 11) is 0. The Balaban J connectivity index is 1.36. The molecule has 0 radical (unpaired) electrons. The third kappa shape index (κ3) is 6.28. The molecule has 5 rings (SSSR count). The van der Waals surface area contributed by atoms with Gasteiger partial charge in [-0.25, -0.2) is 23.5 Å². The van der Waals surface area contributed by atoms with Crippen LogP contribution in [0.2, 0.25) is 0 Å². The molecule has 3 heterocycles. The molecular formula is C31H29F5N4O4. The molecule has 44 heavy (non-hydrogen) atoms. The number of pyridine rings is 1. The molecule has 2 aliphatic heterocycles. The second kappa shape index (κ2) is 11.9. The van der Waals surface area contributed by atoms with Crippen LogP contribution in [0.15, 0.2) is 54.7 Å². The molecule has 8 nitrogen and oxygen atoms in total. The van der Waals surface area contributed by atoms with E-state index in [9.17, 15) is 36.3 Å². The van der Waals surface area contributed by atoms with Gasteiger partial charge in [0.1, 0.15) is 28.8 Å². The number of rotatable bonds is 8. The lowest BCUT2D eigenvalue weighted by Gasteiger charge is -2.28. The summed E-state index contributed by atoms with van der Waals surface area (Å²) in [4.78, 5) is 48.1. The van der Waals surface area contributed by atoms with E-state index in [2.05, 4.69) is 9.88 Å². The Hall–Kier alpha value is -4.39. The van der Waals surface area contributed by atoms with E-state index in [1.807, 2.05) is 6.07 Å². The fourth-order valence-corrected chi connectivity index (χ4v) is 5.32. The number of urea groups is 1. The summed E-state index contributed by atoms with van der Waals surface area (Å²) in [5.74, 6) is -2.48. The standard InChI is InChI=1S/C31H29F5N4O4/c1-30(2)28(42)40(23-5-6-26(33)25(17-23)31(34,35)36)29(43)39(30)18-20-3-4-22(32)15-21(20)16-24(41)13-19-7-8-37-27(14-19)38-9-11-44-12-10-38/h3-8,14-15,17H,9-13,16,18H2,1-2H3. The number of aromatic nitrogens is 1. The monoisotopic (exact) mass is 616 g/mol. The second-order valence-corrected chi connectivity index (χ2v) is 11.2. The van der Waals surface area contributed by atoms with Crippen LogP contribution in [-0.4, -0.2) is 59.4 Å². The normalized spacial score (nSPS) is 17.0. The largest absolute Gasteiger partial charge is 0.419 e. The number of amides is 3. The number of carbonyl (C=O) groups is 3. The van der Waals surface area contributed by atoms with Gasteiger partial charge in [-0.2, -0.15) is 13.2 Å². The van der Waals surface area contributed by atoms with Crippen LogP contribution in [-0.2, 0) is 39.9 Å². The number of Topliss-reactive ketones (excluding diaryl/α,β-unsaturated/α-hetero) is 1. The molecule has 0 spiro atoms. The zero-order chi connectivity index (χ0) is 31.8. The van der Waals surface area contributed by atoms with E-state index >= 15 is 0 Å². The minimum Gasteiger partial charge on any atom is -0.378 e. The van der Waals surface area contributed by atoms with E-state index in [1.165, 1.54) is 26.0 Å². The van der Waals surface area contributed by atoms with Gasteiger partial charge in [-0.15, -0.1) is 0 Å². The molecule has 3 aromatic rings. The Morgan fingerprint density at radius 2 is 1.68 bits per heavy atom. The number of morpholine rings is 1. The first-order valence-electron chi connectivity index (χ1n) is 13.8. The topological polar surface area (TPSA) is 83.1 Å². The molecule has 2 aromatic carbocycles. The van der Waals surface area contributed by atoms with Gasteiger partial charge in [-0.3, -0.25) is 9.59 Å². The van der Waals surface area contributed by atoms with E-state index < -0.39 is 46.5 Å². The van der Waals surface area contributed by atoms with Gasteiger partial charge >= 0.3 is 12.2 Å². The van der Waals surface area contributed by atoms with Gasteiger partial charge in [0, 0.05) is 38.7 Å². The first kappa shape index (κ1) is 31.0. The van der Waals surface area contributed by atoms with Crippen molar-refractivity contribution in [2.45, 2.75) is 44.9 Å². The van der Waals surface area contributed by atoms with Crippen molar-refractivity contribution in [3.8, 4) is 0 Å². The number of nitrogens with zero attached hydrogens (tertiary/aromatic N) is 4. The average Bonchev–Trinajstić information content (AvgIpc) is 3.13. The summed E-state index contributed by atoms with van der Waals surface area (Å²) in [6, 6.07) is 8.23. The van der Waals surface area contributed by atoms with Crippen LogP contribution in [0.5, 0.6) is 0 Å². The molecule has 232 valence electrons. The van der Waals surface area contributed by atoms with Crippen molar-refractivity contribution in [2.75, 3.05) is 36.1 Å². The van der Waals surface area contributed by atoms with Crippen LogP contribution in [0, 0.1) is 11.6 Å². The number of ketones is 1. The van der Waals surface area contributed by atoms with Crippen molar-refractivity contribution < 1.29 is 41.1 Å². The fourth-order valence-electron chi connectivity index (χ4n) is 5.32. The maximum absolute atomic E-state index is 14.3. The van der Waals surface area contributed by atoms with E-state index in [4.69, 9.17) is 4.74 Å². The van der Waals surface area contributed by atoms with Crippen molar-refractivity contribution in [3.63, 3.8) is 0 Å². The van der Waals surface area contributed by atoms with Crippen molar-refractivity contribution in [1.29, 1.82) is 0 Å². The Kier molecular flexibility index (Phi) is 8.43. The van der Waals surface area contributed by atoms with E-state index in [-0.39, 0.29) is 25.2 Å². The Bertz CT molecular complexity index is 1600. The summed E-state index contributed by atoms with van der Waals surface area (Å²) in [6.45, 7) is 5.11. The van der Waals surface area contributed by atoms with Gasteiger partial charge in [0.05, 0.1) is 24.5 Å². The van der Waals surface area contributed by atoms with Gasteiger partial charge in [-0.05, 0) is 73.0 Å². The fraction of sp³-hybridized carbons (Fsp3) is 0.355. The molecule has 0 saturated carbocycles. The lowest BCUT2D eigenvalue weighted by atomic mass is 9.97. The highest BCUT2D eigenvalue weighted by atomic mass is 19.4. The van der Waals surface area contributed by atoms with Crippen molar-refractivity contribution in [3.05, 3.63) is 88.6 Å². The van der Waals surface area contributed by atoms with Gasteiger partial charge in [0.2, 0.25) is 0 Å². The zero-order valence-corrected chi connectivity index (χ0v) is 24.0. The highest BCUT2D eigenvalue weighted by Crippen LogP contribution is 2.38. The van der Waals surface area contributed by atoms with Crippen LogP contribution in [0.1, 0.15) is 36.1 Å². The maximum Gasteiger partial charge on any atom is 0.419 e. The molecule has 13 heteroatoms. The Labute approximate surface area is 250 Å². The molecule has 2 fully saturated rings. The number of anilines is 2. The quantitative estimate of drug-likeness (QED) is 0.252. The summed E-state index contributed by atoms with van der Waals surface area (Å²) in [6.07, 6.45) is -3.56. The van der Waals surface area contributed by atoms with Crippen molar-refractivity contribution in [2.24, 2.45) is 0 Å². The molecule has 2 saturated heterocycles. The number of hydrogen-bond acceptors (Lipinski definition) is 6. The number of hydrogen-bond donors (Lipinski definition) is 0. The third-order valence-electron chi connectivity index (χ3n) is 7.77. The minimum absolute atomic E-state index is 0.0440. The van der Waals surface area contributed by atoms with E-state index in [0.29, 0.717) is 54.5 Å². The van der Waals surface area contributed by atoms with Crippen molar-refractivity contribution >= 4 is 29.2 Å². The van der Waals surface area contributed by atoms with Gasteiger partial charge in [-0.1, -0.05) is 6.07 Å². The van der Waals surface area contributed by atoms with Gasteiger partial charge in [0.25, 0.3) is 5.91 Å². The average molecular weight is 617 g/mol. The number of alkyl halides is 3. The van der Waals surface area contributed by atoms with Crippen molar-refractivity contribution in [1.82, 2.24) is 9.88 Å². The molecule has 0 unspecified atom stereocenters. The highest BCUT2D eigenvalue weighted by molar-refractivity contribution is 6.23. The third-order valence-corrected chi connectivity index (χ3v) is 7.77. The first-order valence-corrected chi connectivity index (χ1v) is 13.8. The van der Waals surface area contributed by atoms with Crippen LogP contribution in [0.25, 0.3) is 0 Å². The van der Waals surface area contributed by atoms with E-state index in [1.54, 1.807) is 12.3 Å². The molecule has 0 N–H and O–H groups in total. The molecule has 2 aliphatic rings. The molecular weight excluding hydrogens is 587 g/mol. The predicted molar refractivity (Wildman–Crippen MR) is 150 cm³/mol. The van der Waals surface area contributed by atoms with Crippen LogP contribution < -0.4 is 9.80 Å². The molecule has 0 aliphatic carbocycles. The first-order chi connectivity index (χ1) is 20.8. The SMILES string of the molecule is CC1(C)C(=O)N(c2ccc(F)c(C(F)(F)F)c2)C(=O)N1Cc1ccc(F)cc1CC(=O)Cc1ccnc(N2CCOCC2)c1. The number of benzene rings is 2. The predicted octanol–water partition coefficient (Wildman–Crippen LogP) is 5.32. The number of ether oxygens (including phenoxy) is 1. The van der Waals surface area contributed by atoms with Gasteiger partial charge < -0.3 is 14.5 Å². The summed E-state index contributed by atoms with van der Waals surface area (Å²) < 4.78 is 73.6. The summed E-state index contributed by atoms with van der Waals surface area (Å²) in [5, 5.41) is 0. The second-order valence-electron chi connectivity index (χ2n) is 11.2. The smallest absolute Gasteiger partial charge is 0.378 e. The Morgan fingerprint density at radius 3 is 2.39 bits per heavy atom. The van der Waals surface area contributed by atoms with Gasteiger partial charge in [0.15, 0.2) is 0 Å². The highest BCUT2D eigenvalue weighted by Gasteiger charge is 2.52. The molecule has 0 atom stereocenters. The minimum atomic E-state index is -5.04. The lowest BCUT2D eigenvalue weighted by Crippen LogP contribution is -2.43. The molecule has 3 amide bonds. The summed E-state index contributed by atoms with van der Waals surface area (Å²) >= 11 is 0. The molecule has 1 aromatic heterocycles. The molecule has 0 bridgehead atoms. The Morgan fingerprint density at radius 1 is 0.955 bits per heavy atom. The van der Waals surface area contributed by atoms with Crippen LogP contribution >= 0.6 is 0 Å². The van der Waals surface area contributed by atoms with Crippen LogP contribution in [0.4, 0.5) is 38.3 Å². The lowest BCUT2D eigenvalue weighted by molar-refractivity contribution is -0.140. The van der Waals surface area contributed by atoms with Crippen LogP contribution in [0.3, 0.4) is 0 Å². The summed E-state index contributed by atoms with van der Waals surface area (Å²) in [5.41, 5.74) is -2.17. The number of imide groups is 1.